The standard InChI is InChI=1S/Ba.Ca.HNO3.4H/c;;2-1(3)4;;;;/h;;(H,2,3,4);;;;. The van der Waals surface area contributed by atoms with Crippen LogP contribution in [0.1, 0.15) is 0 Å². The number of hydrogen-bond donors (Lipinski definition) is 1. The zero-order valence-corrected chi connectivity index (χ0v) is 1.71. The van der Waals surface area contributed by atoms with Gasteiger partial charge < -0.3 is 5.21 Å². The first-order chi connectivity index (χ1) is 1.73. The van der Waals surface area contributed by atoms with E-state index in [0.717, 1.165) is 0 Å². The van der Waals surface area contributed by atoms with E-state index in [9.17, 15) is 0 Å². The molecule has 0 radical (unpaired) electrons. The fourth-order valence-electron chi connectivity index (χ4n) is 0. The van der Waals surface area contributed by atoms with Crippen LogP contribution in [-0.4, -0.2) is 96.9 Å². The Balaban J connectivity index is -0.0000000450. The Morgan fingerprint density at radius 1 is 1.67 bits per heavy atom. The molecular formula is H5BaCaNO3. The Morgan fingerprint density at radius 3 is 1.67 bits per heavy atom. The predicted octanol–water partition coefficient (Wildman–Crippen LogP) is -2.18. The quantitative estimate of drug-likeness (QED) is 0.299. The molecule has 0 aliphatic rings. The molecule has 6 heteroatoms. The van der Waals surface area contributed by atoms with Gasteiger partial charge in [0.1, 0.15) is 0 Å². The normalized spacial score (nSPS) is 4.00. The molecule has 1 N–H and O–H groups in total. The summed E-state index contributed by atoms with van der Waals surface area (Å²) in [7, 11) is 0. The average Bonchev–Trinajstić information content (AvgIpc) is 0.811. The summed E-state index contributed by atoms with van der Waals surface area (Å²) in [5, 5.41) is 13.6. The van der Waals surface area contributed by atoms with E-state index >= 15 is 0 Å². The third-order valence-electron chi connectivity index (χ3n) is 0. The molecule has 0 amide bonds. The summed E-state index contributed by atoms with van der Waals surface area (Å²) in [5.41, 5.74) is 0. The van der Waals surface area contributed by atoms with Gasteiger partial charge in [-0.05, 0) is 0 Å². The number of hydrogen-bond acceptors (Lipinski definition) is 2. The molecule has 0 aromatic heterocycles. The van der Waals surface area contributed by atoms with Crippen molar-refractivity contribution in [3.8, 4) is 0 Å². The van der Waals surface area contributed by atoms with Crippen molar-refractivity contribution in [3.05, 3.63) is 10.1 Å². The van der Waals surface area contributed by atoms with E-state index in [1.165, 1.54) is 0 Å². The van der Waals surface area contributed by atoms with E-state index in [1.807, 2.05) is 0 Å². The van der Waals surface area contributed by atoms with Crippen molar-refractivity contribution < 1.29 is 10.3 Å². The molecule has 0 aliphatic carbocycles. The second-order valence-electron chi connectivity index (χ2n) is 0.238. The molecule has 4 nitrogen and oxygen atoms in total. The molecule has 0 unspecified atom stereocenters. The molecule has 32 valence electrons. The van der Waals surface area contributed by atoms with Crippen molar-refractivity contribution in [1.29, 1.82) is 0 Å². The van der Waals surface area contributed by atoms with Crippen molar-refractivity contribution in [3.63, 3.8) is 0 Å². The minimum atomic E-state index is -1.50. The molecular weight excluding hydrogens is 239 g/mol. The third kappa shape index (κ3) is 37.0. The van der Waals surface area contributed by atoms with Gasteiger partial charge in [-0.15, -0.1) is 10.1 Å². The fourth-order valence-corrected chi connectivity index (χ4v) is 0. The minimum absolute atomic E-state index is 0. The fraction of sp³-hybridized carbons (Fsp3) is 0. The van der Waals surface area contributed by atoms with Gasteiger partial charge in [0, 0.05) is 0 Å². The van der Waals surface area contributed by atoms with Crippen LogP contribution in [0.25, 0.3) is 0 Å². The summed E-state index contributed by atoms with van der Waals surface area (Å²) < 4.78 is 0. The summed E-state index contributed by atoms with van der Waals surface area (Å²) >= 11 is 0. The van der Waals surface area contributed by atoms with Crippen LogP contribution < -0.4 is 0 Å². The Labute approximate surface area is 104 Å². The van der Waals surface area contributed by atoms with Crippen molar-refractivity contribution in [2.45, 2.75) is 0 Å². The summed E-state index contributed by atoms with van der Waals surface area (Å²) in [4.78, 5) is 8.36. The first-order valence-corrected chi connectivity index (χ1v) is 0.565. The van der Waals surface area contributed by atoms with Gasteiger partial charge in [0.25, 0.3) is 5.09 Å². The van der Waals surface area contributed by atoms with Crippen LogP contribution in [0, 0.1) is 10.1 Å². The van der Waals surface area contributed by atoms with Crippen LogP contribution in [-0.2, 0) is 0 Å². The second-order valence-corrected chi connectivity index (χ2v) is 0.238. The van der Waals surface area contributed by atoms with Gasteiger partial charge >= 0.3 is 86.6 Å². The molecule has 0 heterocycles. The SMILES string of the molecule is O=[N+]([O-])O.[BaH2].[CaH2]. The summed E-state index contributed by atoms with van der Waals surface area (Å²) in [6.45, 7) is 0. The average molecular weight is 244 g/mol. The molecule has 0 aromatic rings. The Kier molecular flexibility index (Phi) is 26.4. The van der Waals surface area contributed by atoms with Gasteiger partial charge in [-0.3, -0.25) is 0 Å². The van der Waals surface area contributed by atoms with E-state index in [2.05, 4.69) is 0 Å². The molecule has 0 atom stereocenters. The second kappa shape index (κ2) is 10.1. The Bertz CT molecular complexity index is 33.8. The number of rotatable bonds is 0. The molecule has 0 saturated carbocycles. The van der Waals surface area contributed by atoms with Gasteiger partial charge in [-0.2, -0.15) is 0 Å². The van der Waals surface area contributed by atoms with E-state index < -0.39 is 5.09 Å². The van der Waals surface area contributed by atoms with Crippen molar-refractivity contribution in [2.24, 2.45) is 0 Å². The van der Waals surface area contributed by atoms with Crippen LogP contribution in [0.4, 0.5) is 0 Å². The zero-order valence-electron chi connectivity index (χ0n) is 1.71. The van der Waals surface area contributed by atoms with Gasteiger partial charge in [0.15, 0.2) is 0 Å². The molecule has 0 saturated heterocycles. The molecule has 0 aliphatic heterocycles. The van der Waals surface area contributed by atoms with Crippen LogP contribution in [0.15, 0.2) is 0 Å². The van der Waals surface area contributed by atoms with Crippen LogP contribution >= 0.6 is 0 Å². The monoisotopic (exact) mass is 245 g/mol. The van der Waals surface area contributed by atoms with Gasteiger partial charge in [0.2, 0.25) is 0 Å². The van der Waals surface area contributed by atoms with E-state index in [-0.39, 0.29) is 86.6 Å². The van der Waals surface area contributed by atoms with Crippen molar-refractivity contribution in [1.82, 2.24) is 0 Å². The van der Waals surface area contributed by atoms with E-state index in [1.54, 1.807) is 0 Å². The van der Waals surface area contributed by atoms with E-state index in [4.69, 9.17) is 15.3 Å². The Hall–Kier alpha value is 2.03. The molecule has 0 bridgehead atoms. The number of nitrogens with zero attached hydrogens (tertiary/aromatic N) is 1. The summed E-state index contributed by atoms with van der Waals surface area (Å²) in [6.07, 6.45) is 0. The maximum atomic E-state index is 8.36. The zero-order chi connectivity index (χ0) is 3.58. The first-order valence-electron chi connectivity index (χ1n) is 0.565. The summed E-state index contributed by atoms with van der Waals surface area (Å²) in [6, 6.07) is 0. The van der Waals surface area contributed by atoms with Crippen molar-refractivity contribution in [2.75, 3.05) is 0 Å². The van der Waals surface area contributed by atoms with Crippen molar-refractivity contribution >= 4 is 86.6 Å². The molecule has 0 fully saturated rings. The van der Waals surface area contributed by atoms with Gasteiger partial charge in [0.05, 0.1) is 0 Å². The molecule has 6 heavy (non-hydrogen) atoms. The van der Waals surface area contributed by atoms with Crippen LogP contribution in [0.3, 0.4) is 0 Å². The van der Waals surface area contributed by atoms with Gasteiger partial charge in [-0.25, -0.2) is 0 Å². The summed E-state index contributed by atoms with van der Waals surface area (Å²) in [5.74, 6) is 0. The predicted molar refractivity (Wildman–Crippen MR) is 25.9 cm³/mol. The first kappa shape index (κ1) is 15.7. The van der Waals surface area contributed by atoms with Gasteiger partial charge in [-0.1, -0.05) is 0 Å². The topological polar surface area (TPSA) is 63.4 Å². The maximum absolute atomic E-state index is 8.36. The molecule has 0 aromatic carbocycles. The molecule has 0 rings (SSSR count). The van der Waals surface area contributed by atoms with Crippen LogP contribution in [0.2, 0.25) is 0 Å². The van der Waals surface area contributed by atoms with Crippen LogP contribution in [0.5, 0.6) is 0 Å². The van der Waals surface area contributed by atoms with E-state index in [0.29, 0.717) is 0 Å². The third-order valence-corrected chi connectivity index (χ3v) is 0. The molecule has 0 spiro atoms. The Morgan fingerprint density at radius 2 is 1.67 bits per heavy atom.